The number of carbonyl (C=O) groups excluding carboxylic acids is 2. The Morgan fingerprint density at radius 3 is 2.68 bits per heavy atom. The van der Waals surface area contributed by atoms with Crippen molar-refractivity contribution >= 4 is 17.6 Å². The van der Waals surface area contributed by atoms with E-state index in [1.54, 1.807) is 21.9 Å². The van der Waals surface area contributed by atoms with E-state index in [1.807, 2.05) is 18.2 Å². The number of amides is 3. The molecule has 0 saturated heterocycles. The molecular formula is C22H22N4O2. The second-order valence-electron chi connectivity index (χ2n) is 7.13. The van der Waals surface area contributed by atoms with Crippen LogP contribution in [0.5, 0.6) is 0 Å². The first kappa shape index (κ1) is 18.1. The van der Waals surface area contributed by atoms with Gasteiger partial charge in [-0.25, -0.2) is 4.79 Å². The Labute approximate surface area is 164 Å². The van der Waals surface area contributed by atoms with Gasteiger partial charge < -0.3 is 15.1 Å². The average molecular weight is 374 g/mol. The van der Waals surface area contributed by atoms with Crippen molar-refractivity contribution in [2.24, 2.45) is 0 Å². The Bertz CT molecular complexity index is 963. The van der Waals surface area contributed by atoms with Crippen LogP contribution < -0.4 is 10.2 Å². The Morgan fingerprint density at radius 1 is 1.04 bits per heavy atom. The van der Waals surface area contributed by atoms with Gasteiger partial charge in [0.2, 0.25) is 5.91 Å². The van der Waals surface area contributed by atoms with Gasteiger partial charge in [0.15, 0.2) is 0 Å². The molecule has 0 unspecified atom stereocenters. The third-order valence-corrected chi connectivity index (χ3v) is 5.48. The maximum Gasteiger partial charge on any atom is 0.317 e. The fourth-order valence-corrected chi connectivity index (χ4v) is 3.99. The van der Waals surface area contributed by atoms with Gasteiger partial charge in [-0.15, -0.1) is 0 Å². The lowest BCUT2D eigenvalue weighted by Gasteiger charge is -2.29. The quantitative estimate of drug-likeness (QED) is 0.897. The molecule has 0 aliphatic carbocycles. The summed E-state index contributed by atoms with van der Waals surface area (Å²) in [5, 5.41) is 12.1. The monoisotopic (exact) mass is 374 g/mol. The topological polar surface area (TPSA) is 76.4 Å². The highest BCUT2D eigenvalue weighted by atomic mass is 16.2. The van der Waals surface area contributed by atoms with Crippen molar-refractivity contribution in [2.45, 2.75) is 25.8 Å². The van der Waals surface area contributed by atoms with Crippen molar-refractivity contribution in [3.63, 3.8) is 0 Å². The minimum absolute atomic E-state index is 0.0295. The van der Waals surface area contributed by atoms with Crippen molar-refractivity contribution < 1.29 is 9.59 Å². The Morgan fingerprint density at radius 2 is 1.86 bits per heavy atom. The molecule has 0 radical (unpaired) electrons. The number of hydrogen-bond acceptors (Lipinski definition) is 3. The molecule has 2 aliphatic rings. The minimum atomic E-state index is -0.129. The second kappa shape index (κ2) is 7.73. The predicted octanol–water partition coefficient (Wildman–Crippen LogP) is 2.61. The number of nitrogens with zero attached hydrogens (tertiary/aromatic N) is 3. The summed E-state index contributed by atoms with van der Waals surface area (Å²) in [5.41, 5.74) is 4.87. The second-order valence-corrected chi connectivity index (χ2v) is 7.13. The highest BCUT2D eigenvalue weighted by Gasteiger charge is 2.26. The maximum atomic E-state index is 12.6. The van der Waals surface area contributed by atoms with E-state index in [1.165, 1.54) is 11.1 Å². The van der Waals surface area contributed by atoms with Gasteiger partial charge in [0.1, 0.15) is 0 Å². The SMILES string of the molecule is N#Cc1cccc2c1CCN2C(=O)CCNC(=O)N1CCc2ccccc2C1. The molecule has 1 N–H and O–H groups in total. The highest BCUT2D eigenvalue weighted by Crippen LogP contribution is 2.30. The summed E-state index contributed by atoms with van der Waals surface area (Å²) >= 11 is 0. The summed E-state index contributed by atoms with van der Waals surface area (Å²) in [4.78, 5) is 28.6. The molecule has 28 heavy (non-hydrogen) atoms. The molecular weight excluding hydrogens is 352 g/mol. The van der Waals surface area contributed by atoms with Gasteiger partial charge in [-0.3, -0.25) is 4.79 Å². The fourth-order valence-electron chi connectivity index (χ4n) is 3.99. The first-order valence-corrected chi connectivity index (χ1v) is 9.59. The predicted molar refractivity (Wildman–Crippen MR) is 106 cm³/mol. The third kappa shape index (κ3) is 3.44. The number of benzene rings is 2. The summed E-state index contributed by atoms with van der Waals surface area (Å²) in [6.45, 7) is 2.18. The van der Waals surface area contributed by atoms with Crippen molar-refractivity contribution in [3.8, 4) is 6.07 Å². The molecule has 0 bridgehead atoms. The molecule has 2 aromatic carbocycles. The molecule has 2 heterocycles. The van der Waals surface area contributed by atoms with Gasteiger partial charge in [-0.2, -0.15) is 5.26 Å². The van der Waals surface area contributed by atoms with Gasteiger partial charge in [0.25, 0.3) is 0 Å². The normalized spacial score (nSPS) is 14.8. The van der Waals surface area contributed by atoms with Crippen LogP contribution in [0.25, 0.3) is 0 Å². The summed E-state index contributed by atoms with van der Waals surface area (Å²) in [6.07, 6.45) is 1.80. The molecule has 6 heteroatoms. The van der Waals surface area contributed by atoms with Crippen molar-refractivity contribution in [1.29, 1.82) is 5.26 Å². The van der Waals surface area contributed by atoms with Crippen LogP contribution in [-0.4, -0.2) is 36.5 Å². The lowest BCUT2D eigenvalue weighted by Crippen LogP contribution is -2.44. The first-order chi connectivity index (χ1) is 13.7. The van der Waals surface area contributed by atoms with Crippen molar-refractivity contribution in [2.75, 3.05) is 24.5 Å². The summed E-state index contributed by atoms with van der Waals surface area (Å²) in [5.74, 6) is -0.0295. The number of carbonyl (C=O) groups is 2. The molecule has 4 rings (SSSR count). The molecule has 2 aromatic rings. The minimum Gasteiger partial charge on any atom is -0.337 e. The van der Waals surface area contributed by atoms with Crippen molar-refractivity contribution in [1.82, 2.24) is 10.2 Å². The van der Waals surface area contributed by atoms with Crippen LogP contribution in [0.4, 0.5) is 10.5 Å². The number of anilines is 1. The van der Waals surface area contributed by atoms with E-state index >= 15 is 0 Å². The molecule has 0 aromatic heterocycles. The standard InChI is InChI=1S/C22H22N4O2/c23-14-17-6-3-7-20-19(17)10-13-26(20)21(27)8-11-24-22(28)25-12-9-16-4-1-2-5-18(16)15-25/h1-7H,8-13,15H2,(H,24,28). The zero-order valence-corrected chi connectivity index (χ0v) is 15.6. The zero-order chi connectivity index (χ0) is 19.5. The van der Waals surface area contributed by atoms with E-state index in [4.69, 9.17) is 0 Å². The van der Waals surface area contributed by atoms with Crippen LogP contribution in [0.15, 0.2) is 42.5 Å². The first-order valence-electron chi connectivity index (χ1n) is 9.59. The number of fused-ring (bicyclic) bond motifs is 2. The zero-order valence-electron chi connectivity index (χ0n) is 15.6. The van der Waals surface area contributed by atoms with Crippen LogP contribution in [-0.2, 0) is 24.2 Å². The molecule has 0 saturated carbocycles. The van der Waals surface area contributed by atoms with Gasteiger partial charge >= 0.3 is 6.03 Å². The van der Waals surface area contributed by atoms with Crippen LogP contribution in [0.2, 0.25) is 0 Å². The van der Waals surface area contributed by atoms with Crippen molar-refractivity contribution in [3.05, 3.63) is 64.7 Å². The summed E-state index contributed by atoms with van der Waals surface area (Å²) < 4.78 is 0. The van der Waals surface area contributed by atoms with Gasteiger partial charge in [-0.05, 0) is 41.7 Å². The van der Waals surface area contributed by atoms with Gasteiger partial charge in [-0.1, -0.05) is 30.3 Å². The van der Waals surface area contributed by atoms with E-state index in [0.29, 0.717) is 38.2 Å². The largest absolute Gasteiger partial charge is 0.337 e. The number of hydrogen-bond donors (Lipinski definition) is 1. The van der Waals surface area contributed by atoms with E-state index in [-0.39, 0.29) is 18.4 Å². The van der Waals surface area contributed by atoms with Crippen LogP contribution in [0.1, 0.15) is 28.7 Å². The Hall–Kier alpha value is -3.33. The highest BCUT2D eigenvalue weighted by molar-refractivity contribution is 5.96. The molecule has 0 atom stereocenters. The third-order valence-electron chi connectivity index (χ3n) is 5.48. The number of rotatable bonds is 3. The lowest BCUT2D eigenvalue weighted by molar-refractivity contribution is -0.118. The van der Waals surface area contributed by atoms with Crippen LogP contribution in [0.3, 0.4) is 0 Å². The Kier molecular flexibility index (Phi) is 4.98. The Balaban J connectivity index is 1.30. The molecule has 6 nitrogen and oxygen atoms in total. The average Bonchev–Trinajstić information content (AvgIpc) is 3.17. The van der Waals surface area contributed by atoms with E-state index in [9.17, 15) is 14.9 Å². The maximum absolute atomic E-state index is 12.6. The number of nitrogens with one attached hydrogen (secondary N) is 1. The van der Waals surface area contributed by atoms with Crippen LogP contribution in [0, 0.1) is 11.3 Å². The molecule has 142 valence electrons. The lowest BCUT2D eigenvalue weighted by atomic mass is 10.0. The van der Waals surface area contributed by atoms with E-state index in [0.717, 1.165) is 17.7 Å². The van der Waals surface area contributed by atoms with E-state index in [2.05, 4.69) is 23.5 Å². The smallest absolute Gasteiger partial charge is 0.317 e. The number of urea groups is 1. The van der Waals surface area contributed by atoms with Crippen LogP contribution >= 0.6 is 0 Å². The molecule has 3 amide bonds. The summed E-state index contributed by atoms with van der Waals surface area (Å²) in [6, 6.07) is 15.7. The fraction of sp³-hybridized carbons (Fsp3) is 0.318. The van der Waals surface area contributed by atoms with E-state index < -0.39 is 0 Å². The van der Waals surface area contributed by atoms with Gasteiger partial charge in [0.05, 0.1) is 11.6 Å². The molecule has 0 spiro atoms. The van der Waals surface area contributed by atoms with Gasteiger partial charge in [0, 0.05) is 38.3 Å². The molecule has 2 aliphatic heterocycles. The summed E-state index contributed by atoms with van der Waals surface area (Å²) in [7, 11) is 0. The molecule has 0 fully saturated rings. The number of nitriles is 1.